The second kappa shape index (κ2) is 4.38. The fourth-order valence-electron chi connectivity index (χ4n) is 2.10. The first-order valence-corrected chi connectivity index (χ1v) is 5.17. The van der Waals surface area contributed by atoms with Crippen molar-refractivity contribution in [1.29, 1.82) is 0 Å². The molecule has 0 amide bonds. The van der Waals surface area contributed by atoms with Gasteiger partial charge in [-0.1, -0.05) is 23.2 Å². The minimum Gasteiger partial charge on any atom is -0.772 e. The Hall–Kier alpha value is 0.850. The average Bonchev–Trinajstić information content (AvgIpc) is 2.06. The van der Waals surface area contributed by atoms with Crippen molar-refractivity contribution in [2.75, 3.05) is 0 Å². The Balaban J connectivity index is 0.000000720. The molecule has 0 saturated heterocycles. The predicted molar refractivity (Wildman–Crippen MR) is 42.7 cm³/mol. The van der Waals surface area contributed by atoms with E-state index in [1.54, 1.807) is 0 Å². The van der Waals surface area contributed by atoms with Crippen molar-refractivity contribution in [3.63, 3.8) is 0 Å². The Bertz CT molecular complexity index is 217. The summed E-state index contributed by atoms with van der Waals surface area (Å²) < 4.78 is 21.4. The standard InChI is InChI=1S/C8H12O2S.Na/c9-11(10)8-5-6-1-3-7(8)4-2-6;/h1,3,6-8H,2,4-5H2,(H,9,10);/q;+1/p-1. The van der Waals surface area contributed by atoms with Gasteiger partial charge in [-0.25, -0.2) is 0 Å². The Morgan fingerprint density at radius 2 is 2.08 bits per heavy atom. The maximum atomic E-state index is 10.7. The summed E-state index contributed by atoms with van der Waals surface area (Å²) in [6.45, 7) is 0. The van der Waals surface area contributed by atoms with E-state index in [1.165, 1.54) is 6.42 Å². The van der Waals surface area contributed by atoms with Crippen molar-refractivity contribution in [3.8, 4) is 0 Å². The van der Waals surface area contributed by atoms with Gasteiger partial charge in [-0.2, -0.15) is 0 Å². The van der Waals surface area contributed by atoms with E-state index >= 15 is 0 Å². The smallest absolute Gasteiger partial charge is 0.772 e. The molecule has 4 heteroatoms. The predicted octanol–water partition coefficient (Wildman–Crippen LogP) is -1.78. The molecule has 0 aliphatic heterocycles. The Morgan fingerprint density at radius 3 is 2.33 bits per heavy atom. The molecule has 3 aliphatic carbocycles. The minimum absolute atomic E-state index is 0. The maximum absolute atomic E-state index is 10.7. The molecule has 62 valence electrons. The monoisotopic (exact) mass is 194 g/mol. The Kier molecular flexibility index (Phi) is 3.99. The van der Waals surface area contributed by atoms with Gasteiger partial charge in [0.05, 0.1) is 0 Å². The Morgan fingerprint density at radius 1 is 1.33 bits per heavy atom. The molecule has 0 radical (unpaired) electrons. The number of hydrogen-bond donors (Lipinski definition) is 0. The zero-order valence-electron chi connectivity index (χ0n) is 7.23. The third-order valence-corrected chi connectivity index (χ3v) is 3.80. The van der Waals surface area contributed by atoms with Crippen LogP contribution in [-0.2, 0) is 11.1 Å². The van der Waals surface area contributed by atoms with Gasteiger partial charge in [-0.05, 0) is 31.1 Å². The van der Waals surface area contributed by atoms with Crippen molar-refractivity contribution in [2.45, 2.75) is 24.5 Å². The van der Waals surface area contributed by atoms with E-state index in [4.69, 9.17) is 0 Å². The molecule has 0 aromatic heterocycles. The van der Waals surface area contributed by atoms with E-state index < -0.39 is 11.1 Å². The average molecular weight is 194 g/mol. The second-order valence-corrected chi connectivity index (χ2v) is 4.55. The van der Waals surface area contributed by atoms with Crippen LogP contribution in [0.2, 0.25) is 0 Å². The van der Waals surface area contributed by atoms with Gasteiger partial charge in [-0.15, -0.1) is 0 Å². The number of fused-ring (bicyclic) bond motifs is 2. The quantitative estimate of drug-likeness (QED) is 0.281. The molecule has 3 aliphatic rings. The van der Waals surface area contributed by atoms with Crippen LogP contribution in [-0.4, -0.2) is 14.0 Å². The first-order valence-electron chi connectivity index (χ1n) is 4.04. The topological polar surface area (TPSA) is 40.1 Å². The van der Waals surface area contributed by atoms with Gasteiger partial charge in [0.2, 0.25) is 0 Å². The van der Waals surface area contributed by atoms with Crippen LogP contribution in [0.5, 0.6) is 0 Å². The second-order valence-electron chi connectivity index (χ2n) is 3.42. The van der Waals surface area contributed by atoms with Crippen LogP contribution >= 0.6 is 0 Å². The summed E-state index contributed by atoms with van der Waals surface area (Å²) in [6.07, 6.45) is 7.38. The molecule has 1 fully saturated rings. The molecule has 1 saturated carbocycles. The summed E-state index contributed by atoms with van der Waals surface area (Å²) in [7, 11) is 0. The van der Waals surface area contributed by atoms with Crippen LogP contribution in [0, 0.1) is 11.8 Å². The van der Waals surface area contributed by atoms with Crippen molar-refractivity contribution in [1.82, 2.24) is 0 Å². The van der Waals surface area contributed by atoms with E-state index in [0.29, 0.717) is 11.8 Å². The minimum atomic E-state index is -1.85. The van der Waals surface area contributed by atoms with E-state index in [2.05, 4.69) is 12.2 Å². The maximum Gasteiger partial charge on any atom is 1.00 e. The molecule has 2 nitrogen and oxygen atoms in total. The summed E-state index contributed by atoms with van der Waals surface area (Å²) >= 11 is -1.85. The van der Waals surface area contributed by atoms with Crippen molar-refractivity contribution in [3.05, 3.63) is 12.2 Å². The fourth-order valence-corrected chi connectivity index (χ4v) is 3.02. The molecule has 0 heterocycles. The number of rotatable bonds is 1. The number of hydrogen-bond acceptors (Lipinski definition) is 2. The normalized spacial score (nSPS) is 40.6. The van der Waals surface area contributed by atoms with Gasteiger partial charge in [0.1, 0.15) is 0 Å². The van der Waals surface area contributed by atoms with Gasteiger partial charge in [-0.3, -0.25) is 4.21 Å². The summed E-state index contributed by atoms with van der Waals surface area (Å²) in [5, 5.41) is -0.0845. The summed E-state index contributed by atoms with van der Waals surface area (Å²) in [5.74, 6) is 0.862. The molecule has 2 bridgehead atoms. The van der Waals surface area contributed by atoms with E-state index in [-0.39, 0.29) is 34.8 Å². The van der Waals surface area contributed by atoms with Gasteiger partial charge in [0.15, 0.2) is 0 Å². The molecular formula is C8H11NaO2S. The van der Waals surface area contributed by atoms with Gasteiger partial charge in [0, 0.05) is 5.25 Å². The fraction of sp³-hybridized carbons (Fsp3) is 0.750. The molecule has 4 atom stereocenters. The Labute approximate surface area is 97.4 Å². The molecule has 0 aromatic rings. The summed E-state index contributed by atoms with van der Waals surface area (Å²) in [6, 6.07) is 0. The molecule has 4 unspecified atom stereocenters. The number of allylic oxidation sites excluding steroid dienone is 2. The third-order valence-electron chi connectivity index (χ3n) is 2.76. The van der Waals surface area contributed by atoms with Crippen LogP contribution in [0.15, 0.2) is 12.2 Å². The van der Waals surface area contributed by atoms with Crippen molar-refractivity contribution >= 4 is 11.1 Å². The zero-order valence-corrected chi connectivity index (χ0v) is 10.0. The van der Waals surface area contributed by atoms with Crippen LogP contribution < -0.4 is 29.6 Å². The van der Waals surface area contributed by atoms with Crippen LogP contribution in [0.25, 0.3) is 0 Å². The van der Waals surface area contributed by atoms with Gasteiger partial charge >= 0.3 is 29.6 Å². The first-order chi connectivity index (χ1) is 5.27. The molecular weight excluding hydrogens is 183 g/mol. The molecule has 0 N–H and O–H groups in total. The van der Waals surface area contributed by atoms with Crippen LogP contribution in [0.3, 0.4) is 0 Å². The largest absolute Gasteiger partial charge is 1.00 e. The zero-order chi connectivity index (χ0) is 7.84. The molecule has 12 heavy (non-hydrogen) atoms. The van der Waals surface area contributed by atoms with Gasteiger partial charge < -0.3 is 4.55 Å². The molecule has 0 spiro atoms. The van der Waals surface area contributed by atoms with E-state index in [0.717, 1.165) is 12.8 Å². The van der Waals surface area contributed by atoms with Crippen LogP contribution in [0.1, 0.15) is 19.3 Å². The van der Waals surface area contributed by atoms with Gasteiger partial charge in [0.25, 0.3) is 0 Å². The SMILES string of the molecule is O=S([O-])C1CC2C=CC1CC2.[Na+]. The first kappa shape index (κ1) is 10.9. The summed E-state index contributed by atoms with van der Waals surface area (Å²) in [4.78, 5) is 0. The van der Waals surface area contributed by atoms with E-state index in [1.807, 2.05) is 0 Å². The molecule has 3 rings (SSSR count). The summed E-state index contributed by atoms with van der Waals surface area (Å²) in [5.41, 5.74) is 0. The third kappa shape index (κ3) is 2.02. The van der Waals surface area contributed by atoms with Crippen molar-refractivity contribution in [2.24, 2.45) is 11.8 Å². The molecule has 0 aromatic carbocycles. The van der Waals surface area contributed by atoms with E-state index in [9.17, 15) is 8.76 Å². The van der Waals surface area contributed by atoms with Crippen LogP contribution in [0.4, 0.5) is 0 Å². The van der Waals surface area contributed by atoms with Crippen molar-refractivity contribution < 1.29 is 38.3 Å².